The van der Waals surface area contributed by atoms with E-state index in [1.807, 2.05) is 70.7 Å². The van der Waals surface area contributed by atoms with Crippen molar-refractivity contribution in [2.45, 2.75) is 75.9 Å². The number of nitrogens with one attached hydrogen (secondary N) is 2. The number of carbonyl (C=O) groups excluding carboxylic acids is 3. The van der Waals surface area contributed by atoms with E-state index in [1.165, 1.54) is 12.7 Å². The highest BCUT2D eigenvalue weighted by atomic mass is 16.5. The number of likely N-dealkylation sites (tertiary alicyclic amines) is 2. The van der Waals surface area contributed by atoms with E-state index in [9.17, 15) is 14.4 Å². The number of benzene rings is 4. The van der Waals surface area contributed by atoms with Gasteiger partial charge in [0.05, 0.1) is 43.5 Å². The van der Waals surface area contributed by atoms with E-state index in [-0.39, 0.29) is 36.2 Å². The van der Waals surface area contributed by atoms with Crippen LogP contribution in [0.3, 0.4) is 0 Å². The van der Waals surface area contributed by atoms with E-state index in [1.54, 1.807) is 0 Å². The molecule has 0 saturated carbocycles. The van der Waals surface area contributed by atoms with Crippen LogP contribution in [0.25, 0.3) is 28.0 Å². The third-order valence-electron chi connectivity index (χ3n) is 11.9. The maximum absolute atomic E-state index is 13.7. The smallest absolute Gasteiger partial charge is 0.407 e. The molecular weight excluding hydrogens is 725 g/mol. The van der Waals surface area contributed by atoms with Crippen molar-refractivity contribution in [1.29, 1.82) is 0 Å². The Hall–Kier alpha value is -6.29. The van der Waals surface area contributed by atoms with Crippen molar-refractivity contribution in [2.75, 3.05) is 20.2 Å². The maximum atomic E-state index is 13.7. The van der Waals surface area contributed by atoms with Crippen LogP contribution in [0.15, 0.2) is 127 Å². The van der Waals surface area contributed by atoms with Crippen LogP contribution in [0.5, 0.6) is 0 Å². The number of aromatic amines is 1. The molecule has 3 aliphatic heterocycles. The van der Waals surface area contributed by atoms with E-state index >= 15 is 0 Å². The summed E-state index contributed by atoms with van der Waals surface area (Å²) < 4.78 is 4.85. The molecule has 296 valence electrons. The molecule has 2 fully saturated rings. The zero-order valence-corrected chi connectivity index (χ0v) is 33.1. The number of imidazole rings is 1. The predicted molar refractivity (Wildman–Crippen MR) is 227 cm³/mol. The Balaban J connectivity index is 0.865. The number of alkyl carbamates (subject to hydrolysis) is 1. The molecule has 1 aromatic heterocycles. The summed E-state index contributed by atoms with van der Waals surface area (Å²) in [5.41, 5.74) is 9.51. The molecule has 10 heteroatoms. The van der Waals surface area contributed by atoms with Gasteiger partial charge < -0.3 is 24.8 Å². The van der Waals surface area contributed by atoms with Crippen LogP contribution in [0.1, 0.15) is 92.4 Å². The average molecular weight is 775 g/mol. The summed E-state index contributed by atoms with van der Waals surface area (Å²) in [5.74, 6) is 1.18. The fraction of sp³-hybridized carbons (Fsp3) is 0.312. The van der Waals surface area contributed by atoms with Crippen molar-refractivity contribution in [1.82, 2.24) is 25.1 Å². The predicted octanol–water partition coefficient (Wildman–Crippen LogP) is 9.27. The SMILES string of the molecule is COC(=O)N[C@H](CC(=O)N1CCC[C@H]1C1=NC=C(c2ccc(-c3ccc(-c4cnc([C@@H]5CCCN5C(=O)C[C@@H](C)c5ccccc5)[nH]4)cc3)cc2)C1)c1ccccc1. The van der Waals surface area contributed by atoms with Gasteiger partial charge in [-0.15, -0.1) is 0 Å². The summed E-state index contributed by atoms with van der Waals surface area (Å²) in [6, 6.07) is 36.2. The lowest BCUT2D eigenvalue weighted by molar-refractivity contribution is -0.133. The van der Waals surface area contributed by atoms with Gasteiger partial charge in [0.2, 0.25) is 11.8 Å². The van der Waals surface area contributed by atoms with Crippen LogP contribution in [-0.2, 0) is 14.3 Å². The van der Waals surface area contributed by atoms with Gasteiger partial charge in [0.15, 0.2) is 0 Å². The molecule has 8 rings (SSSR count). The minimum absolute atomic E-state index is 0.0101. The summed E-state index contributed by atoms with van der Waals surface area (Å²) in [6.07, 6.45) is 8.24. The van der Waals surface area contributed by atoms with Gasteiger partial charge in [0, 0.05) is 37.8 Å². The monoisotopic (exact) mass is 774 g/mol. The van der Waals surface area contributed by atoms with Gasteiger partial charge in [0.25, 0.3) is 0 Å². The van der Waals surface area contributed by atoms with Gasteiger partial charge in [-0.2, -0.15) is 0 Å². The van der Waals surface area contributed by atoms with Crippen LogP contribution >= 0.6 is 0 Å². The third-order valence-corrected chi connectivity index (χ3v) is 11.9. The van der Waals surface area contributed by atoms with Crippen LogP contribution < -0.4 is 5.32 Å². The van der Waals surface area contributed by atoms with Crippen molar-refractivity contribution in [3.8, 4) is 22.4 Å². The van der Waals surface area contributed by atoms with Gasteiger partial charge in [-0.3, -0.25) is 14.6 Å². The van der Waals surface area contributed by atoms with Crippen molar-refractivity contribution in [3.05, 3.63) is 144 Å². The first kappa shape index (κ1) is 38.6. The fourth-order valence-electron chi connectivity index (χ4n) is 8.67. The van der Waals surface area contributed by atoms with Gasteiger partial charge in [-0.05, 0) is 70.6 Å². The van der Waals surface area contributed by atoms with Crippen molar-refractivity contribution in [2.24, 2.45) is 4.99 Å². The number of hydrogen-bond donors (Lipinski definition) is 2. The fourth-order valence-corrected chi connectivity index (χ4v) is 8.67. The number of allylic oxidation sites excluding steroid dienone is 1. The van der Waals surface area contributed by atoms with Gasteiger partial charge in [0.1, 0.15) is 5.82 Å². The first-order valence-corrected chi connectivity index (χ1v) is 20.4. The van der Waals surface area contributed by atoms with Gasteiger partial charge >= 0.3 is 6.09 Å². The molecule has 58 heavy (non-hydrogen) atoms. The van der Waals surface area contributed by atoms with Crippen LogP contribution in [-0.4, -0.2) is 69.6 Å². The zero-order valence-electron chi connectivity index (χ0n) is 33.1. The lowest BCUT2D eigenvalue weighted by atomic mass is 9.96. The normalized spacial score (nSPS) is 18.7. The van der Waals surface area contributed by atoms with Gasteiger partial charge in [-0.25, -0.2) is 9.78 Å². The molecule has 4 heterocycles. The lowest BCUT2D eigenvalue weighted by Crippen LogP contribution is -2.42. The highest BCUT2D eigenvalue weighted by Gasteiger charge is 2.36. The zero-order chi connectivity index (χ0) is 40.0. The number of H-pyrrole nitrogens is 1. The van der Waals surface area contributed by atoms with Crippen molar-refractivity contribution >= 4 is 29.2 Å². The molecule has 0 unspecified atom stereocenters. The standard InChI is InChI=1S/C48H50N6O4/c1-32(33-11-5-3-6-12-33)27-45(55)54-26-10-16-44(54)47-50-31-42(51-47)38-23-21-35(22-24-38)34-17-19-36(20-18-34)39-28-41(49-30-39)43-15-9-25-53(43)46(56)29-40(52-48(57)58-2)37-13-7-4-8-14-37/h3-8,11-14,17-24,30-32,40,43-44H,9-10,15-16,25-29H2,1-2H3,(H,50,51)(H,52,57)/t32-,40-,43+,44+/m1/s1. The molecule has 4 aromatic carbocycles. The van der Waals surface area contributed by atoms with Crippen LogP contribution in [0.4, 0.5) is 4.79 Å². The second-order valence-corrected chi connectivity index (χ2v) is 15.6. The average Bonchev–Trinajstić information content (AvgIpc) is 4.11. The second kappa shape index (κ2) is 17.5. The summed E-state index contributed by atoms with van der Waals surface area (Å²) in [4.78, 5) is 56.3. The van der Waals surface area contributed by atoms with E-state index in [0.717, 1.165) is 82.8 Å². The van der Waals surface area contributed by atoms with Crippen LogP contribution in [0.2, 0.25) is 0 Å². The molecule has 4 atom stereocenters. The number of nitrogens with zero attached hydrogens (tertiary/aromatic N) is 4. The molecule has 0 aliphatic carbocycles. The quantitative estimate of drug-likeness (QED) is 0.131. The number of rotatable bonds is 12. The maximum Gasteiger partial charge on any atom is 0.407 e. The summed E-state index contributed by atoms with van der Waals surface area (Å²) in [5, 5.41) is 2.84. The summed E-state index contributed by atoms with van der Waals surface area (Å²) in [6.45, 7) is 3.55. The Kier molecular flexibility index (Phi) is 11.6. The number of aliphatic imine (C=N–C) groups is 1. The van der Waals surface area contributed by atoms with Crippen molar-refractivity contribution in [3.63, 3.8) is 0 Å². The van der Waals surface area contributed by atoms with Crippen LogP contribution in [0, 0.1) is 0 Å². The summed E-state index contributed by atoms with van der Waals surface area (Å²) in [7, 11) is 1.33. The molecule has 5 aromatic rings. The highest BCUT2D eigenvalue weighted by molar-refractivity contribution is 6.03. The molecule has 3 aliphatic rings. The Morgan fingerprint density at radius 2 is 1.31 bits per heavy atom. The molecule has 0 spiro atoms. The van der Waals surface area contributed by atoms with Crippen molar-refractivity contribution < 1.29 is 19.1 Å². The molecular formula is C48H50N6O4. The number of hydrogen-bond acceptors (Lipinski definition) is 6. The Morgan fingerprint density at radius 3 is 1.97 bits per heavy atom. The highest BCUT2D eigenvalue weighted by Crippen LogP contribution is 2.35. The minimum Gasteiger partial charge on any atom is -0.453 e. The Labute approximate surface area is 340 Å². The molecule has 3 amide bonds. The van der Waals surface area contributed by atoms with E-state index in [0.29, 0.717) is 19.4 Å². The molecule has 0 radical (unpaired) electrons. The molecule has 2 saturated heterocycles. The third kappa shape index (κ3) is 8.51. The number of carbonyl (C=O) groups is 3. The van der Waals surface area contributed by atoms with E-state index in [4.69, 9.17) is 14.7 Å². The Bertz CT molecular complexity index is 2280. The van der Waals surface area contributed by atoms with E-state index in [2.05, 4.69) is 77.9 Å². The van der Waals surface area contributed by atoms with E-state index < -0.39 is 12.1 Å². The first-order chi connectivity index (χ1) is 28.3. The first-order valence-electron chi connectivity index (χ1n) is 20.4. The topological polar surface area (TPSA) is 120 Å². The molecule has 2 N–H and O–H groups in total. The molecule has 10 nitrogen and oxygen atoms in total. The Morgan fingerprint density at radius 1 is 0.741 bits per heavy atom. The second-order valence-electron chi connectivity index (χ2n) is 15.6. The minimum atomic E-state index is -0.563. The van der Waals surface area contributed by atoms with Gasteiger partial charge in [-0.1, -0.05) is 116 Å². The number of amides is 3. The number of ether oxygens (including phenoxy) is 1. The number of aromatic nitrogens is 2. The summed E-state index contributed by atoms with van der Waals surface area (Å²) >= 11 is 0. The molecule has 0 bridgehead atoms. The number of methoxy groups -OCH3 is 1. The lowest BCUT2D eigenvalue weighted by Gasteiger charge is -2.27. The largest absolute Gasteiger partial charge is 0.453 e.